The van der Waals surface area contributed by atoms with Crippen molar-refractivity contribution in [1.82, 2.24) is 5.32 Å². The summed E-state index contributed by atoms with van der Waals surface area (Å²) in [5.74, 6) is 0. The van der Waals surface area contributed by atoms with Crippen LogP contribution in [0.1, 0.15) is 13.3 Å². The van der Waals surface area contributed by atoms with Crippen LogP contribution in [0.4, 0.5) is 0 Å². The van der Waals surface area contributed by atoms with Crippen molar-refractivity contribution in [2.75, 3.05) is 7.05 Å². The van der Waals surface area contributed by atoms with Gasteiger partial charge in [0.1, 0.15) is 30.5 Å². The van der Waals surface area contributed by atoms with Crippen molar-refractivity contribution in [3.05, 3.63) is 0 Å². The lowest BCUT2D eigenvalue weighted by molar-refractivity contribution is -0.301. The first kappa shape index (κ1) is 19.9. The van der Waals surface area contributed by atoms with E-state index in [9.17, 15) is 25.5 Å². The molecule has 1 heterocycles. The number of hydrogen-bond acceptors (Lipinski definition) is 10. The van der Waals surface area contributed by atoms with Gasteiger partial charge in [-0.3, -0.25) is 0 Å². The summed E-state index contributed by atoms with van der Waals surface area (Å²) in [6, 6.07) is -2.09. The van der Waals surface area contributed by atoms with E-state index >= 15 is 0 Å². The highest BCUT2D eigenvalue weighted by Gasteiger charge is 2.49. The second-order valence-electron chi connectivity index (χ2n) is 6.64. The molecule has 1 aliphatic heterocycles. The third-order valence-corrected chi connectivity index (χ3v) is 4.87. The van der Waals surface area contributed by atoms with E-state index in [0.29, 0.717) is 6.42 Å². The van der Waals surface area contributed by atoms with E-state index in [1.54, 1.807) is 7.05 Å². The Morgan fingerprint density at radius 2 is 1.71 bits per heavy atom. The fourth-order valence-electron chi connectivity index (χ4n) is 3.31. The molecule has 10 nitrogen and oxygen atoms in total. The number of nitrogens with one attached hydrogen (secondary N) is 1. The lowest BCUT2D eigenvalue weighted by Gasteiger charge is -2.46. The minimum Gasteiger partial charge on any atom is -0.391 e. The van der Waals surface area contributed by atoms with E-state index < -0.39 is 61.1 Å². The van der Waals surface area contributed by atoms with Crippen LogP contribution in [0.5, 0.6) is 0 Å². The molecule has 10 N–H and O–H groups in total. The molecule has 2 aliphatic rings. The molecule has 0 amide bonds. The number of rotatable bonds is 4. The van der Waals surface area contributed by atoms with E-state index in [0.717, 1.165) is 0 Å². The standard InChI is InChI=1S/C14H29N3O7/c1-4(18)12-11(22)9(20)7(16)14(23-12)24-13-5(15)3-6(17-2)8(19)10(13)21/h4-14,17-22H,3,15-16H2,1-2H3/t4?,5?,6-,7?,8?,9?,10?,11+,12?,13-,14-/m1/s1. The Morgan fingerprint density at radius 3 is 2.25 bits per heavy atom. The predicted molar refractivity (Wildman–Crippen MR) is 82.7 cm³/mol. The Morgan fingerprint density at radius 1 is 1.08 bits per heavy atom. The van der Waals surface area contributed by atoms with Crippen molar-refractivity contribution in [1.29, 1.82) is 0 Å². The van der Waals surface area contributed by atoms with Gasteiger partial charge in [0.15, 0.2) is 6.29 Å². The van der Waals surface area contributed by atoms with Gasteiger partial charge in [-0.15, -0.1) is 0 Å². The van der Waals surface area contributed by atoms with Gasteiger partial charge in [-0.05, 0) is 20.4 Å². The molecule has 1 saturated carbocycles. The summed E-state index contributed by atoms with van der Waals surface area (Å²) in [5, 5.41) is 52.9. The number of likely N-dealkylation sites (N-methyl/N-ethyl adjacent to an activating group) is 1. The highest BCUT2D eigenvalue weighted by atomic mass is 16.7. The predicted octanol–water partition coefficient (Wildman–Crippen LogP) is -4.43. The molecular formula is C14H29N3O7. The van der Waals surface area contributed by atoms with Crippen molar-refractivity contribution in [2.24, 2.45) is 11.5 Å². The fraction of sp³-hybridized carbons (Fsp3) is 1.00. The first-order valence-corrected chi connectivity index (χ1v) is 8.08. The lowest BCUT2D eigenvalue weighted by Crippen LogP contribution is -2.68. The number of ether oxygens (including phenoxy) is 2. The average molecular weight is 351 g/mol. The zero-order chi connectivity index (χ0) is 18.2. The SMILES string of the molecule is CN[C@@H]1CC(N)[C@@H](O[C@H]2OC(C(C)O)[C@@H](O)C(O)C2N)C(O)C1O. The first-order valence-electron chi connectivity index (χ1n) is 8.08. The Kier molecular flexibility index (Phi) is 6.53. The third-order valence-electron chi connectivity index (χ3n) is 4.87. The molecule has 0 aromatic carbocycles. The maximum Gasteiger partial charge on any atom is 0.176 e. The van der Waals surface area contributed by atoms with Crippen molar-refractivity contribution in [3.8, 4) is 0 Å². The van der Waals surface area contributed by atoms with Crippen LogP contribution in [0.15, 0.2) is 0 Å². The van der Waals surface area contributed by atoms with Crippen molar-refractivity contribution in [2.45, 2.75) is 80.5 Å². The van der Waals surface area contributed by atoms with Crippen LogP contribution in [0, 0.1) is 0 Å². The molecule has 1 aliphatic carbocycles. The van der Waals surface area contributed by atoms with Gasteiger partial charge in [-0.2, -0.15) is 0 Å². The van der Waals surface area contributed by atoms with E-state index in [-0.39, 0.29) is 6.04 Å². The number of aliphatic hydroxyl groups excluding tert-OH is 5. The maximum absolute atomic E-state index is 10.3. The molecule has 142 valence electrons. The van der Waals surface area contributed by atoms with Crippen LogP contribution in [-0.4, -0.2) is 99.7 Å². The van der Waals surface area contributed by atoms with Crippen molar-refractivity contribution >= 4 is 0 Å². The smallest absolute Gasteiger partial charge is 0.176 e. The Bertz CT molecular complexity index is 416. The summed E-state index contributed by atoms with van der Waals surface area (Å²) in [6.45, 7) is 1.40. The van der Waals surface area contributed by atoms with Gasteiger partial charge in [-0.25, -0.2) is 0 Å². The Balaban J connectivity index is 2.10. The van der Waals surface area contributed by atoms with Gasteiger partial charge < -0.3 is 51.8 Å². The van der Waals surface area contributed by atoms with Gasteiger partial charge in [0, 0.05) is 12.1 Å². The zero-order valence-corrected chi connectivity index (χ0v) is 13.8. The van der Waals surface area contributed by atoms with E-state index in [2.05, 4.69) is 5.32 Å². The topological polar surface area (TPSA) is 184 Å². The van der Waals surface area contributed by atoms with Crippen LogP contribution in [0.25, 0.3) is 0 Å². The monoisotopic (exact) mass is 351 g/mol. The minimum atomic E-state index is -1.38. The van der Waals surface area contributed by atoms with Gasteiger partial charge in [0.05, 0.1) is 18.2 Å². The molecule has 0 radical (unpaired) electrons. The second kappa shape index (κ2) is 7.87. The van der Waals surface area contributed by atoms with Crippen LogP contribution in [-0.2, 0) is 9.47 Å². The number of hydrogen-bond donors (Lipinski definition) is 8. The molecule has 0 bridgehead atoms. The molecule has 2 rings (SSSR count). The average Bonchev–Trinajstić information content (AvgIpc) is 2.54. The fourth-order valence-corrected chi connectivity index (χ4v) is 3.31. The normalized spacial score (nSPS) is 51.4. The molecule has 24 heavy (non-hydrogen) atoms. The Hall–Kier alpha value is -0.400. The van der Waals surface area contributed by atoms with Crippen molar-refractivity contribution in [3.63, 3.8) is 0 Å². The quantitative estimate of drug-likeness (QED) is 0.246. The zero-order valence-electron chi connectivity index (χ0n) is 13.8. The number of aliphatic hydroxyl groups is 5. The molecule has 0 aromatic rings. The molecule has 1 saturated heterocycles. The Labute approximate surface area is 140 Å². The molecule has 2 fully saturated rings. The highest BCUT2D eigenvalue weighted by Crippen LogP contribution is 2.28. The van der Waals surface area contributed by atoms with Gasteiger partial charge in [-0.1, -0.05) is 0 Å². The molecule has 11 atom stereocenters. The molecular weight excluding hydrogens is 322 g/mol. The minimum absolute atomic E-state index is 0.354. The van der Waals surface area contributed by atoms with Crippen molar-refractivity contribution < 1.29 is 35.0 Å². The summed E-state index contributed by atoms with van der Waals surface area (Å²) < 4.78 is 11.1. The molecule has 0 aromatic heterocycles. The van der Waals surface area contributed by atoms with Gasteiger partial charge in [0.25, 0.3) is 0 Å². The van der Waals surface area contributed by atoms with Crippen LogP contribution >= 0.6 is 0 Å². The van der Waals surface area contributed by atoms with E-state index in [1.807, 2.05) is 0 Å². The highest BCUT2D eigenvalue weighted by molar-refractivity contribution is 5.00. The van der Waals surface area contributed by atoms with Crippen LogP contribution in [0.3, 0.4) is 0 Å². The van der Waals surface area contributed by atoms with E-state index in [4.69, 9.17) is 20.9 Å². The first-order chi connectivity index (χ1) is 11.2. The summed E-state index contributed by atoms with van der Waals surface area (Å²) in [5.41, 5.74) is 11.9. The third kappa shape index (κ3) is 3.73. The second-order valence-corrected chi connectivity index (χ2v) is 6.64. The summed E-state index contributed by atoms with van der Waals surface area (Å²) in [6.07, 6.45) is -9.12. The van der Waals surface area contributed by atoms with Crippen LogP contribution in [0.2, 0.25) is 0 Å². The van der Waals surface area contributed by atoms with Crippen LogP contribution < -0.4 is 16.8 Å². The molecule has 7 unspecified atom stereocenters. The number of nitrogens with two attached hydrogens (primary N) is 2. The molecule has 0 spiro atoms. The van der Waals surface area contributed by atoms with Gasteiger partial charge >= 0.3 is 0 Å². The van der Waals surface area contributed by atoms with Gasteiger partial charge in [0.2, 0.25) is 0 Å². The maximum atomic E-state index is 10.3. The summed E-state index contributed by atoms with van der Waals surface area (Å²) in [4.78, 5) is 0. The lowest BCUT2D eigenvalue weighted by atomic mass is 9.84. The molecule has 10 heteroatoms. The van der Waals surface area contributed by atoms with E-state index in [1.165, 1.54) is 6.92 Å². The summed E-state index contributed by atoms with van der Waals surface area (Å²) in [7, 11) is 1.65. The largest absolute Gasteiger partial charge is 0.391 e. The summed E-state index contributed by atoms with van der Waals surface area (Å²) >= 11 is 0.